The Morgan fingerprint density at radius 3 is 2.46 bits per heavy atom. The summed E-state index contributed by atoms with van der Waals surface area (Å²) in [5.74, 6) is -2.87. The number of nitrogens with one attached hydrogen (secondary N) is 1. The molecule has 2 nitrogen and oxygen atoms in total. The molecule has 0 aliphatic rings. The monoisotopic (exact) mass is 188 g/mol. The number of rotatable bonds is 3. The van der Waals surface area contributed by atoms with Gasteiger partial charge in [0.1, 0.15) is 0 Å². The van der Waals surface area contributed by atoms with Gasteiger partial charge in [0.25, 0.3) is 5.92 Å². The van der Waals surface area contributed by atoms with Crippen molar-refractivity contribution in [3.05, 3.63) is 24.0 Å². The molecule has 0 spiro atoms. The first kappa shape index (κ1) is 10.2. The number of halogens is 2. The lowest BCUT2D eigenvalue weighted by Crippen LogP contribution is -2.38. The molecule has 74 valence electrons. The number of hydrogen-bond donors (Lipinski definition) is 2. The minimum absolute atomic E-state index is 0.0778. The van der Waals surface area contributed by atoms with Gasteiger partial charge in [0.2, 0.25) is 0 Å². The molecule has 1 rings (SSSR count). The molecule has 0 saturated carbocycles. The van der Waals surface area contributed by atoms with Crippen LogP contribution >= 0.6 is 0 Å². The van der Waals surface area contributed by atoms with Gasteiger partial charge < -0.3 is 10.7 Å². The van der Waals surface area contributed by atoms with Gasteiger partial charge in [-0.3, -0.25) is 0 Å². The van der Waals surface area contributed by atoms with Crippen molar-refractivity contribution in [2.24, 2.45) is 5.73 Å². The maximum atomic E-state index is 13.4. The largest absolute Gasteiger partial charge is 0.360 e. The van der Waals surface area contributed by atoms with Crippen molar-refractivity contribution < 1.29 is 8.78 Å². The van der Waals surface area contributed by atoms with Gasteiger partial charge in [-0.1, -0.05) is 0 Å². The maximum absolute atomic E-state index is 13.4. The van der Waals surface area contributed by atoms with Crippen LogP contribution in [0.25, 0.3) is 0 Å². The van der Waals surface area contributed by atoms with Crippen LogP contribution in [0.5, 0.6) is 0 Å². The normalized spacial score (nSPS) is 13.3. The Morgan fingerprint density at radius 2 is 2.08 bits per heavy atom. The minimum atomic E-state index is -2.87. The second-order valence-electron chi connectivity index (χ2n) is 3.95. The van der Waals surface area contributed by atoms with Crippen molar-refractivity contribution in [2.45, 2.75) is 31.7 Å². The van der Waals surface area contributed by atoms with Crippen LogP contribution in [-0.4, -0.2) is 10.5 Å². The summed E-state index contributed by atoms with van der Waals surface area (Å²) < 4.78 is 26.7. The molecular weight excluding hydrogens is 174 g/mol. The standard InChI is InChI=1S/C9H14F2N2/c1-8(2,12)6-9(10,11)7-4-3-5-13-7/h3-5,13H,6,12H2,1-2H3. The molecule has 0 saturated heterocycles. The molecule has 0 aliphatic heterocycles. The van der Waals surface area contributed by atoms with E-state index in [4.69, 9.17) is 5.73 Å². The number of H-pyrrole nitrogens is 1. The molecule has 0 fully saturated rings. The Bertz CT molecular complexity index is 260. The van der Waals surface area contributed by atoms with Crippen LogP contribution in [0.15, 0.2) is 18.3 Å². The zero-order valence-electron chi connectivity index (χ0n) is 7.77. The van der Waals surface area contributed by atoms with Crippen molar-refractivity contribution in [2.75, 3.05) is 0 Å². The summed E-state index contributed by atoms with van der Waals surface area (Å²) in [6.07, 6.45) is 1.12. The smallest absolute Gasteiger partial charge is 0.289 e. The van der Waals surface area contributed by atoms with Crippen LogP contribution in [0.3, 0.4) is 0 Å². The molecule has 0 aliphatic carbocycles. The molecule has 0 bridgehead atoms. The van der Waals surface area contributed by atoms with Crippen LogP contribution in [0.2, 0.25) is 0 Å². The van der Waals surface area contributed by atoms with E-state index in [1.54, 1.807) is 19.9 Å². The highest BCUT2D eigenvalue weighted by molar-refractivity contribution is 5.11. The summed E-state index contributed by atoms with van der Waals surface area (Å²) in [5, 5.41) is 0. The van der Waals surface area contributed by atoms with Crippen LogP contribution in [0.4, 0.5) is 8.78 Å². The van der Waals surface area contributed by atoms with Crippen LogP contribution < -0.4 is 5.73 Å². The van der Waals surface area contributed by atoms with Gasteiger partial charge in [-0.15, -0.1) is 0 Å². The second-order valence-corrected chi connectivity index (χ2v) is 3.95. The van der Waals surface area contributed by atoms with Crippen molar-refractivity contribution in [3.8, 4) is 0 Å². The zero-order chi connectivity index (χ0) is 10.1. The maximum Gasteiger partial charge on any atom is 0.289 e. The molecule has 13 heavy (non-hydrogen) atoms. The highest BCUT2D eigenvalue weighted by Crippen LogP contribution is 2.33. The minimum Gasteiger partial charge on any atom is -0.360 e. The van der Waals surface area contributed by atoms with Crippen LogP contribution in [0, 0.1) is 0 Å². The van der Waals surface area contributed by atoms with E-state index < -0.39 is 11.5 Å². The predicted octanol–water partition coefficient (Wildman–Crippen LogP) is 2.23. The third kappa shape index (κ3) is 2.81. The first-order chi connectivity index (χ1) is 5.81. The zero-order valence-corrected chi connectivity index (χ0v) is 7.77. The second kappa shape index (κ2) is 3.10. The molecule has 0 radical (unpaired) electrons. The molecular formula is C9H14F2N2. The van der Waals surface area contributed by atoms with Crippen molar-refractivity contribution in [1.82, 2.24) is 4.98 Å². The summed E-state index contributed by atoms with van der Waals surface area (Å²) in [6.45, 7) is 3.17. The Morgan fingerprint density at radius 1 is 1.46 bits per heavy atom. The fourth-order valence-corrected chi connectivity index (χ4v) is 1.23. The van der Waals surface area contributed by atoms with E-state index in [9.17, 15) is 8.78 Å². The van der Waals surface area contributed by atoms with Gasteiger partial charge in [0.05, 0.1) is 5.69 Å². The van der Waals surface area contributed by atoms with Crippen molar-refractivity contribution >= 4 is 0 Å². The lowest BCUT2D eigenvalue weighted by Gasteiger charge is -2.24. The summed E-state index contributed by atoms with van der Waals surface area (Å²) in [5.41, 5.74) is 4.59. The van der Waals surface area contributed by atoms with Gasteiger partial charge >= 0.3 is 0 Å². The van der Waals surface area contributed by atoms with Gasteiger partial charge in [-0.05, 0) is 26.0 Å². The number of alkyl halides is 2. The number of aromatic nitrogens is 1. The van der Waals surface area contributed by atoms with E-state index in [1.807, 2.05) is 0 Å². The van der Waals surface area contributed by atoms with Gasteiger partial charge in [0, 0.05) is 18.2 Å². The van der Waals surface area contributed by atoms with Gasteiger partial charge in [-0.25, -0.2) is 0 Å². The Balaban J connectivity index is 2.78. The molecule has 1 aromatic rings. The van der Waals surface area contributed by atoms with E-state index in [0.717, 1.165) is 0 Å². The fraction of sp³-hybridized carbons (Fsp3) is 0.556. The quantitative estimate of drug-likeness (QED) is 0.750. The van der Waals surface area contributed by atoms with Gasteiger partial charge in [0.15, 0.2) is 0 Å². The number of aromatic amines is 1. The topological polar surface area (TPSA) is 41.8 Å². The summed E-state index contributed by atoms with van der Waals surface area (Å²) in [7, 11) is 0. The average molecular weight is 188 g/mol. The lowest BCUT2D eigenvalue weighted by molar-refractivity contribution is -0.0332. The molecule has 1 aromatic heterocycles. The number of nitrogens with two attached hydrogens (primary N) is 1. The SMILES string of the molecule is CC(C)(N)CC(F)(F)c1ccc[nH]1. The van der Waals surface area contributed by atoms with E-state index in [0.29, 0.717) is 0 Å². The first-order valence-corrected chi connectivity index (χ1v) is 4.12. The van der Waals surface area contributed by atoms with E-state index in [1.165, 1.54) is 12.3 Å². The Labute approximate surface area is 76.1 Å². The molecule has 0 aromatic carbocycles. The van der Waals surface area contributed by atoms with E-state index in [2.05, 4.69) is 4.98 Å². The summed E-state index contributed by atoms with van der Waals surface area (Å²) in [4.78, 5) is 2.49. The van der Waals surface area contributed by atoms with Crippen LogP contribution in [0.1, 0.15) is 26.0 Å². The van der Waals surface area contributed by atoms with Crippen molar-refractivity contribution in [1.29, 1.82) is 0 Å². The highest BCUT2D eigenvalue weighted by Gasteiger charge is 2.37. The summed E-state index contributed by atoms with van der Waals surface area (Å²) in [6, 6.07) is 2.92. The Hall–Kier alpha value is -0.900. The molecule has 3 N–H and O–H groups in total. The molecule has 0 atom stereocenters. The third-order valence-corrected chi connectivity index (χ3v) is 1.67. The molecule has 1 heterocycles. The van der Waals surface area contributed by atoms with E-state index >= 15 is 0 Å². The number of hydrogen-bond acceptors (Lipinski definition) is 1. The molecule has 0 amide bonds. The predicted molar refractivity (Wildman–Crippen MR) is 47.6 cm³/mol. The molecule has 4 heteroatoms. The van der Waals surface area contributed by atoms with Gasteiger partial charge in [-0.2, -0.15) is 8.78 Å². The Kier molecular flexibility index (Phi) is 2.43. The fourth-order valence-electron chi connectivity index (χ4n) is 1.23. The average Bonchev–Trinajstić information content (AvgIpc) is 2.29. The summed E-state index contributed by atoms with van der Waals surface area (Å²) >= 11 is 0. The highest BCUT2D eigenvalue weighted by atomic mass is 19.3. The van der Waals surface area contributed by atoms with E-state index in [-0.39, 0.29) is 12.1 Å². The molecule has 0 unspecified atom stereocenters. The van der Waals surface area contributed by atoms with Crippen molar-refractivity contribution in [3.63, 3.8) is 0 Å². The lowest BCUT2D eigenvalue weighted by atomic mass is 9.96. The first-order valence-electron chi connectivity index (χ1n) is 4.12. The van der Waals surface area contributed by atoms with Crippen LogP contribution in [-0.2, 0) is 5.92 Å². The third-order valence-electron chi connectivity index (χ3n) is 1.67.